The Labute approximate surface area is 59.0 Å². The highest BCUT2D eigenvalue weighted by atomic mass is 16.2. The van der Waals surface area contributed by atoms with Gasteiger partial charge in [-0.3, -0.25) is 14.9 Å². The van der Waals surface area contributed by atoms with Crippen molar-refractivity contribution in [2.45, 2.75) is 13.1 Å². The van der Waals surface area contributed by atoms with Gasteiger partial charge in [-0.1, -0.05) is 0 Å². The molecule has 0 aromatic heterocycles. The lowest BCUT2D eigenvalue weighted by atomic mass is 10.4. The Morgan fingerprint density at radius 2 is 2.00 bits per heavy atom. The van der Waals surface area contributed by atoms with E-state index < -0.39 is 12.1 Å². The van der Waals surface area contributed by atoms with E-state index in [0.717, 1.165) is 0 Å². The van der Waals surface area contributed by atoms with Crippen LogP contribution < -0.4 is 16.4 Å². The van der Waals surface area contributed by atoms with E-state index in [1.54, 1.807) is 0 Å². The number of hydrogen-bond acceptors (Lipinski definition) is 3. The number of hydrogen-bond donors (Lipinski definition) is 3. The topological polar surface area (TPSA) is 84.2 Å². The van der Waals surface area contributed by atoms with Gasteiger partial charge in [0.15, 0.2) is 6.17 Å². The van der Waals surface area contributed by atoms with Gasteiger partial charge in [0, 0.05) is 6.92 Å². The van der Waals surface area contributed by atoms with Crippen LogP contribution in [0.2, 0.25) is 0 Å². The molecule has 0 saturated heterocycles. The Hall–Kier alpha value is -1.10. The zero-order valence-electron chi connectivity index (χ0n) is 5.97. The first-order valence-corrected chi connectivity index (χ1v) is 2.81. The summed E-state index contributed by atoms with van der Waals surface area (Å²) in [5.74, 6) is -0.893. The van der Waals surface area contributed by atoms with Crippen molar-refractivity contribution in [1.29, 1.82) is 0 Å². The van der Waals surface area contributed by atoms with Crippen LogP contribution >= 0.6 is 0 Å². The van der Waals surface area contributed by atoms with E-state index in [4.69, 9.17) is 5.73 Å². The Kier molecular flexibility index (Phi) is 3.42. The van der Waals surface area contributed by atoms with E-state index >= 15 is 0 Å². The van der Waals surface area contributed by atoms with Crippen LogP contribution in [0.5, 0.6) is 0 Å². The molecule has 5 heteroatoms. The van der Waals surface area contributed by atoms with Gasteiger partial charge in [-0.25, -0.2) is 0 Å². The van der Waals surface area contributed by atoms with Crippen molar-refractivity contribution in [2.24, 2.45) is 5.73 Å². The van der Waals surface area contributed by atoms with Crippen LogP contribution in [0.3, 0.4) is 0 Å². The predicted molar refractivity (Wildman–Crippen MR) is 35.9 cm³/mol. The standard InChI is InChI=1S/C5H11N3O2/c1-3(9)8-5(7-2)4(6)10/h5,7H,1-2H3,(H2,6,10)(H,8,9). The van der Waals surface area contributed by atoms with Crippen molar-refractivity contribution in [2.75, 3.05) is 7.05 Å². The van der Waals surface area contributed by atoms with Crippen LogP contribution in [0.15, 0.2) is 0 Å². The van der Waals surface area contributed by atoms with E-state index in [2.05, 4.69) is 10.6 Å². The van der Waals surface area contributed by atoms with E-state index in [0.29, 0.717) is 0 Å². The maximum absolute atomic E-state index is 10.4. The summed E-state index contributed by atoms with van der Waals surface area (Å²) in [5.41, 5.74) is 4.88. The largest absolute Gasteiger partial charge is 0.367 e. The third-order valence-electron chi connectivity index (χ3n) is 0.921. The molecule has 0 saturated carbocycles. The van der Waals surface area contributed by atoms with Gasteiger partial charge in [0.05, 0.1) is 0 Å². The molecule has 1 atom stereocenters. The van der Waals surface area contributed by atoms with Crippen LogP contribution in [0, 0.1) is 0 Å². The molecule has 0 aromatic rings. The lowest BCUT2D eigenvalue weighted by molar-refractivity contribution is -0.126. The molecule has 0 bridgehead atoms. The van der Waals surface area contributed by atoms with Gasteiger partial charge >= 0.3 is 0 Å². The van der Waals surface area contributed by atoms with Crippen molar-refractivity contribution in [3.63, 3.8) is 0 Å². The second-order valence-corrected chi connectivity index (χ2v) is 1.82. The number of rotatable bonds is 3. The van der Waals surface area contributed by atoms with E-state index in [9.17, 15) is 9.59 Å². The molecule has 5 nitrogen and oxygen atoms in total. The summed E-state index contributed by atoms with van der Waals surface area (Å²) in [7, 11) is 1.53. The van der Waals surface area contributed by atoms with Crippen molar-refractivity contribution in [1.82, 2.24) is 10.6 Å². The maximum Gasteiger partial charge on any atom is 0.255 e. The Morgan fingerprint density at radius 3 is 2.10 bits per heavy atom. The molecule has 0 rings (SSSR count). The number of likely N-dealkylation sites (N-methyl/N-ethyl adjacent to an activating group) is 1. The summed E-state index contributed by atoms with van der Waals surface area (Å²) in [6.07, 6.45) is -0.766. The van der Waals surface area contributed by atoms with Gasteiger partial charge in [-0.2, -0.15) is 0 Å². The minimum atomic E-state index is -0.766. The van der Waals surface area contributed by atoms with Gasteiger partial charge < -0.3 is 11.1 Å². The molecule has 0 radical (unpaired) electrons. The minimum absolute atomic E-state index is 0.293. The molecule has 0 aromatic carbocycles. The van der Waals surface area contributed by atoms with E-state index in [-0.39, 0.29) is 5.91 Å². The first kappa shape index (κ1) is 8.90. The molecular formula is C5H11N3O2. The molecule has 4 N–H and O–H groups in total. The van der Waals surface area contributed by atoms with Crippen molar-refractivity contribution in [3.05, 3.63) is 0 Å². The third kappa shape index (κ3) is 3.03. The van der Waals surface area contributed by atoms with Crippen LogP contribution in [-0.4, -0.2) is 25.0 Å². The molecular weight excluding hydrogens is 134 g/mol. The van der Waals surface area contributed by atoms with Crippen LogP contribution in [0.4, 0.5) is 0 Å². The first-order valence-electron chi connectivity index (χ1n) is 2.81. The molecule has 0 aliphatic rings. The smallest absolute Gasteiger partial charge is 0.255 e. The summed E-state index contributed by atoms with van der Waals surface area (Å²) in [4.78, 5) is 20.8. The summed E-state index contributed by atoms with van der Waals surface area (Å²) < 4.78 is 0. The highest BCUT2D eigenvalue weighted by Gasteiger charge is 2.11. The van der Waals surface area contributed by atoms with Crippen LogP contribution in [-0.2, 0) is 9.59 Å². The van der Waals surface area contributed by atoms with Gasteiger partial charge in [-0.15, -0.1) is 0 Å². The molecule has 0 aliphatic heterocycles. The number of primary amides is 1. The van der Waals surface area contributed by atoms with Crippen LogP contribution in [0.1, 0.15) is 6.92 Å². The highest BCUT2D eigenvalue weighted by molar-refractivity contribution is 5.85. The SMILES string of the molecule is CNC(NC(C)=O)C(N)=O. The second-order valence-electron chi connectivity index (χ2n) is 1.82. The first-order chi connectivity index (χ1) is 4.57. The Morgan fingerprint density at radius 1 is 1.50 bits per heavy atom. The van der Waals surface area contributed by atoms with Crippen LogP contribution in [0.25, 0.3) is 0 Å². The minimum Gasteiger partial charge on any atom is -0.367 e. The molecule has 0 spiro atoms. The quantitative estimate of drug-likeness (QED) is 0.408. The fourth-order valence-corrected chi connectivity index (χ4v) is 0.489. The van der Waals surface area contributed by atoms with Crippen molar-refractivity contribution in [3.8, 4) is 0 Å². The highest BCUT2D eigenvalue weighted by Crippen LogP contribution is 1.72. The van der Waals surface area contributed by atoms with E-state index in [1.807, 2.05) is 0 Å². The molecule has 2 amide bonds. The summed E-state index contributed by atoms with van der Waals surface area (Å²) in [6, 6.07) is 0. The van der Waals surface area contributed by atoms with Gasteiger partial charge in [0.25, 0.3) is 5.91 Å². The van der Waals surface area contributed by atoms with E-state index in [1.165, 1.54) is 14.0 Å². The molecule has 58 valence electrons. The Bertz CT molecular complexity index is 146. The molecule has 1 unspecified atom stereocenters. The number of nitrogens with two attached hydrogens (primary N) is 1. The lowest BCUT2D eigenvalue weighted by Gasteiger charge is -2.11. The lowest BCUT2D eigenvalue weighted by Crippen LogP contribution is -2.51. The Balaban J connectivity index is 3.83. The number of carbonyl (C=O) groups is 2. The fourth-order valence-electron chi connectivity index (χ4n) is 0.489. The van der Waals surface area contributed by atoms with Gasteiger partial charge in [0.1, 0.15) is 0 Å². The predicted octanol–water partition coefficient (Wildman–Crippen LogP) is -1.85. The molecule has 0 fully saturated rings. The normalized spacial score (nSPS) is 12.2. The second kappa shape index (κ2) is 3.84. The summed E-state index contributed by atoms with van der Waals surface area (Å²) >= 11 is 0. The van der Waals surface area contributed by atoms with Crippen molar-refractivity contribution >= 4 is 11.8 Å². The molecule has 10 heavy (non-hydrogen) atoms. The molecule has 0 heterocycles. The average Bonchev–Trinajstić information content (AvgIpc) is 1.81. The zero-order valence-corrected chi connectivity index (χ0v) is 5.97. The maximum atomic E-state index is 10.4. The average molecular weight is 145 g/mol. The number of nitrogens with one attached hydrogen (secondary N) is 2. The van der Waals surface area contributed by atoms with Gasteiger partial charge in [-0.05, 0) is 7.05 Å². The fraction of sp³-hybridized carbons (Fsp3) is 0.600. The summed E-state index contributed by atoms with van der Waals surface area (Å²) in [6.45, 7) is 1.31. The van der Waals surface area contributed by atoms with Crippen molar-refractivity contribution < 1.29 is 9.59 Å². The number of amides is 2. The zero-order chi connectivity index (χ0) is 8.15. The third-order valence-corrected chi connectivity index (χ3v) is 0.921. The van der Waals surface area contributed by atoms with Gasteiger partial charge in [0.2, 0.25) is 5.91 Å². The number of carbonyl (C=O) groups excluding carboxylic acids is 2. The monoisotopic (exact) mass is 145 g/mol. The summed E-state index contributed by atoms with van der Waals surface area (Å²) in [5, 5.41) is 4.83. The molecule has 0 aliphatic carbocycles.